The van der Waals surface area contributed by atoms with Crippen molar-refractivity contribution in [2.45, 2.75) is 0 Å². The first-order chi connectivity index (χ1) is 5.65. The summed E-state index contributed by atoms with van der Waals surface area (Å²) < 4.78 is 12.8. The van der Waals surface area contributed by atoms with Crippen molar-refractivity contribution >= 4 is 16.8 Å². The zero-order valence-corrected chi connectivity index (χ0v) is 6.47. The van der Waals surface area contributed by atoms with Crippen LogP contribution in [-0.2, 0) is 0 Å². The first-order valence-corrected chi connectivity index (χ1v) is 3.28. The fraction of sp³-hybridized carbons (Fsp3) is 0. The maximum Gasteiger partial charge on any atom is 0.256 e. The largest absolute Gasteiger partial charge is 0.275 e. The summed E-state index contributed by atoms with van der Waals surface area (Å²) in [5.74, 6) is -0.832. The van der Waals surface area contributed by atoms with Gasteiger partial charge in [-0.25, -0.2) is 9.37 Å². The van der Waals surface area contributed by atoms with Crippen molar-refractivity contribution in [2.24, 2.45) is 0 Å². The fourth-order valence-corrected chi connectivity index (χ4v) is 0.776. The van der Waals surface area contributed by atoms with E-state index >= 15 is 0 Å². The van der Waals surface area contributed by atoms with Crippen LogP contribution in [0.4, 0.5) is 4.39 Å². The highest BCUT2D eigenvalue weighted by molar-refractivity contribution is 6.67. The standard InChI is InChI=1S/C7H2ClFN2O/c8-7(12)5-3-11-4(2-10)1-6(5)9/h1,3H. The van der Waals surface area contributed by atoms with E-state index in [2.05, 4.69) is 4.98 Å². The van der Waals surface area contributed by atoms with Crippen LogP contribution < -0.4 is 0 Å². The van der Waals surface area contributed by atoms with Crippen molar-refractivity contribution in [2.75, 3.05) is 0 Å². The predicted molar refractivity (Wildman–Crippen MR) is 39.1 cm³/mol. The number of carbonyl (C=O) groups excluding carboxylic acids is 1. The van der Waals surface area contributed by atoms with E-state index in [1.54, 1.807) is 6.07 Å². The summed E-state index contributed by atoms with van der Waals surface area (Å²) in [6.45, 7) is 0. The van der Waals surface area contributed by atoms with E-state index in [9.17, 15) is 9.18 Å². The minimum absolute atomic E-state index is 0.0887. The third-order valence-corrected chi connectivity index (χ3v) is 1.38. The second-order valence-electron chi connectivity index (χ2n) is 1.93. The summed E-state index contributed by atoms with van der Waals surface area (Å²) in [6.07, 6.45) is 0.934. The molecule has 60 valence electrons. The van der Waals surface area contributed by atoms with Gasteiger partial charge >= 0.3 is 0 Å². The minimum atomic E-state index is -0.926. The number of nitriles is 1. The first kappa shape index (κ1) is 8.62. The maximum atomic E-state index is 12.8. The highest BCUT2D eigenvalue weighted by Gasteiger charge is 2.09. The number of pyridine rings is 1. The molecule has 0 bridgehead atoms. The zero-order chi connectivity index (χ0) is 9.14. The number of halogens is 2. The molecule has 0 spiro atoms. The molecule has 0 aliphatic rings. The molecule has 1 aromatic heterocycles. The predicted octanol–water partition coefficient (Wildman–Crippen LogP) is 1.47. The molecule has 0 N–H and O–H groups in total. The molecule has 12 heavy (non-hydrogen) atoms. The van der Waals surface area contributed by atoms with Gasteiger partial charge < -0.3 is 0 Å². The van der Waals surface area contributed by atoms with Gasteiger partial charge in [-0.15, -0.1) is 0 Å². The van der Waals surface area contributed by atoms with Gasteiger partial charge in [-0.3, -0.25) is 4.79 Å². The first-order valence-electron chi connectivity index (χ1n) is 2.90. The lowest BCUT2D eigenvalue weighted by Crippen LogP contribution is -1.97. The second kappa shape index (κ2) is 3.28. The van der Waals surface area contributed by atoms with Crippen LogP contribution in [0.15, 0.2) is 12.3 Å². The summed E-state index contributed by atoms with van der Waals surface area (Å²) in [5.41, 5.74) is -0.412. The maximum absolute atomic E-state index is 12.8. The molecule has 1 heterocycles. The molecule has 0 atom stereocenters. The van der Waals surface area contributed by atoms with Crippen LogP contribution in [-0.4, -0.2) is 10.2 Å². The van der Waals surface area contributed by atoms with Gasteiger partial charge in [0.2, 0.25) is 0 Å². The zero-order valence-electron chi connectivity index (χ0n) is 5.71. The van der Waals surface area contributed by atoms with Gasteiger partial charge in [0, 0.05) is 12.3 Å². The van der Waals surface area contributed by atoms with Crippen LogP contribution in [0.1, 0.15) is 16.1 Å². The van der Waals surface area contributed by atoms with Crippen molar-refractivity contribution in [1.82, 2.24) is 4.98 Å². The highest BCUT2D eigenvalue weighted by atomic mass is 35.5. The average molecular weight is 185 g/mol. The second-order valence-corrected chi connectivity index (χ2v) is 2.28. The lowest BCUT2D eigenvalue weighted by molar-refractivity contribution is 0.107. The summed E-state index contributed by atoms with van der Waals surface area (Å²) in [5, 5.41) is 7.37. The smallest absolute Gasteiger partial charge is 0.256 e. The van der Waals surface area contributed by atoms with Crippen LogP contribution in [0.5, 0.6) is 0 Å². The molecule has 3 nitrogen and oxygen atoms in total. The molecule has 0 aromatic carbocycles. The highest BCUT2D eigenvalue weighted by Crippen LogP contribution is 2.09. The summed E-state index contributed by atoms with van der Waals surface area (Å²) in [7, 11) is 0. The Bertz CT molecular complexity index is 372. The van der Waals surface area contributed by atoms with Crippen molar-refractivity contribution in [3.05, 3.63) is 29.3 Å². The number of hydrogen-bond acceptors (Lipinski definition) is 3. The number of hydrogen-bond donors (Lipinski definition) is 0. The molecule has 0 aliphatic heterocycles. The monoisotopic (exact) mass is 184 g/mol. The number of aromatic nitrogens is 1. The van der Waals surface area contributed by atoms with E-state index in [0.717, 1.165) is 12.3 Å². The molecule has 0 radical (unpaired) electrons. The molecule has 0 amide bonds. The minimum Gasteiger partial charge on any atom is -0.275 e. The van der Waals surface area contributed by atoms with E-state index in [0.29, 0.717) is 0 Å². The van der Waals surface area contributed by atoms with Gasteiger partial charge in [-0.2, -0.15) is 5.26 Å². The van der Waals surface area contributed by atoms with E-state index in [1.807, 2.05) is 0 Å². The molecule has 0 unspecified atom stereocenters. The van der Waals surface area contributed by atoms with Crippen LogP contribution in [0.2, 0.25) is 0 Å². The van der Waals surface area contributed by atoms with Crippen LogP contribution in [0.25, 0.3) is 0 Å². The van der Waals surface area contributed by atoms with E-state index in [-0.39, 0.29) is 11.3 Å². The van der Waals surface area contributed by atoms with E-state index < -0.39 is 11.1 Å². The molecular weight excluding hydrogens is 183 g/mol. The van der Waals surface area contributed by atoms with Crippen molar-refractivity contribution in [3.8, 4) is 6.07 Å². The fourth-order valence-electron chi connectivity index (χ4n) is 0.637. The van der Waals surface area contributed by atoms with E-state index in [1.165, 1.54) is 0 Å². The molecule has 0 fully saturated rings. The van der Waals surface area contributed by atoms with E-state index in [4.69, 9.17) is 16.9 Å². The Morgan fingerprint density at radius 3 is 2.83 bits per heavy atom. The molecule has 0 saturated carbocycles. The Balaban J connectivity index is 3.23. The SMILES string of the molecule is N#Cc1cc(F)c(C(=O)Cl)cn1. The molecular formula is C7H2ClFN2O. The quantitative estimate of drug-likeness (QED) is 0.621. The summed E-state index contributed by atoms with van der Waals surface area (Å²) >= 11 is 5.00. The van der Waals surface area contributed by atoms with Gasteiger partial charge in [-0.1, -0.05) is 0 Å². The van der Waals surface area contributed by atoms with Gasteiger partial charge in [0.15, 0.2) is 0 Å². The summed E-state index contributed by atoms with van der Waals surface area (Å²) in [4.78, 5) is 13.9. The average Bonchev–Trinajstić information content (AvgIpc) is 2.03. The molecule has 5 heteroatoms. The Morgan fingerprint density at radius 2 is 2.42 bits per heavy atom. The normalized spacial score (nSPS) is 9.08. The van der Waals surface area contributed by atoms with Crippen LogP contribution in [0.3, 0.4) is 0 Å². The molecule has 1 aromatic rings. The third kappa shape index (κ3) is 1.57. The molecule has 0 aliphatic carbocycles. The third-order valence-electron chi connectivity index (χ3n) is 1.18. The Morgan fingerprint density at radius 1 is 1.75 bits per heavy atom. The topological polar surface area (TPSA) is 53.8 Å². The molecule has 0 saturated heterocycles. The van der Waals surface area contributed by atoms with Gasteiger partial charge in [0.25, 0.3) is 5.24 Å². The molecule has 1 rings (SSSR count). The van der Waals surface area contributed by atoms with Crippen molar-refractivity contribution in [3.63, 3.8) is 0 Å². The number of carbonyl (C=O) groups is 1. The van der Waals surface area contributed by atoms with Gasteiger partial charge in [0.05, 0.1) is 5.56 Å². The lowest BCUT2D eigenvalue weighted by atomic mass is 10.2. The van der Waals surface area contributed by atoms with Crippen LogP contribution >= 0.6 is 11.6 Å². The number of rotatable bonds is 1. The van der Waals surface area contributed by atoms with Crippen LogP contribution in [0, 0.1) is 17.1 Å². The Labute approximate surface area is 72.4 Å². The lowest BCUT2D eigenvalue weighted by Gasteiger charge is -1.94. The Hall–Kier alpha value is -1.47. The van der Waals surface area contributed by atoms with Gasteiger partial charge in [0.1, 0.15) is 17.6 Å². The van der Waals surface area contributed by atoms with Crippen molar-refractivity contribution in [1.29, 1.82) is 5.26 Å². The number of nitrogens with zero attached hydrogens (tertiary/aromatic N) is 2. The van der Waals surface area contributed by atoms with Gasteiger partial charge in [-0.05, 0) is 11.6 Å². The van der Waals surface area contributed by atoms with Crippen molar-refractivity contribution < 1.29 is 9.18 Å². The summed E-state index contributed by atoms with van der Waals surface area (Å²) in [6, 6.07) is 2.49. The Kier molecular flexibility index (Phi) is 2.36.